The molecule has 0 aliphatic carbocycles. The minimum absolute atomic E-state index is 0.287. The van der Waals surface area contributed by atoms with Gasteiger partial charge in [-0.2, -0.15) is 0 Å². The Kier molecular flexibility index (Phi) is 4.43. The third kappa shape index (κ3) is 3.19. The van der Waals surface area contributed by atoms with E-state index >= 15 is 0 Å². The lowest BCUT2D eigenvalue weighted by atomic mass is 10.1. The van der Waals surface area contributed by atoms with Gasteiger partial charge in [0.15, 0.2) is 0 Å². The van der Waals surface area contributed by atoms with Crippen LogP contribution < -0.4 is 11.1 Å². The molecule has 6 heteroatoms. The lowest BCUT2D eigenvalue weighted by Gasteiger charge is -2.11. The molecule has 20 heavy (non-hydrogen) atoms. The number of halogens is 2. The van der Waals surface area contributed by atoms with Crippen molar-refractivity contribution in [1.29, 1.82) is 0 Å². The molecular weight excluding hydrogens is 374 g/mol. The van der Waals surface area contributed by atoms with Crippen LogP contribution in [-0.2, 0) is 4.74 Å². The number of nitrogen functional groups attached to an aromatic ring is 1. The number of nitrogens with one attached hydrogen (secondary N) is 1. The number of methoxy groups -OCH3 is 1. The van der Waals surface area contributed by atoms with Crippen LogP contribution in [0.15, 0.2) is 36.4 Å². The van der Waals surface area contributed by atoms with Crippen LogP contribution in [0.1, 0.15) is 10.4 Å². The number of carbonyl (C=O) groups is 1. The van der Waals surface area contributed by atoms with Crippen LogP contribution in [0.3, 0.4) is 0 Å². The molecule has 0 aromatic heterocycles. The van der Waals surface area contributed by atoms with Gasteiger partial charge in [0.05, 0.1) is 18.4 Å². The van der Waals surface area contributed by atoms with E-state index in [1.54, 1.807) is 24.3 Å². The average Bonchev–Trinajstić information content (AvgIpc) is 2.43. The van der Waals surface area contributed by atoms with Crippen molar-refractivity contribution in [3.8, 4) is 0 Å². The molecule has 0 unspecified atom stereocenters. The van der Waals surface area contributed by atoms with E-state index in [1.807, 2.05) is 22.6 Å². The smallest absolute Gasteiger partial charge is 0.340 e. The SMILES string of the molecule is COC(=O)c1cc(Nc2ccc(F)cc2I)ccc1N. The summed E-state index contributed by atoms with van der Waals surface area (Å²) < 4.78 is 18.4. The topological polar surface area (TPSA) is 64.3 Å². The molecular formula is C14H12FIN2O2. The molecule has 0 saturated heterocycles. The Balaban J connectivity index is 2.32. The second-order valence-corrected chi connectivity index (χ2v) is 5.20. The van der Waals surface area contributed by atoms with Crippen molar-refractivity contribution in [2.24, 2.45) is 0 Å². The fourth-order valence-electron chi connectivity index (χ4n) is 1.67. The van der Waals surface area contributed by atoms with Gasteiger partial charge < -0.3 is 15.8 Å². The number of carbonyl (C=O) groups excluding carboxylic acids is 1. The van der Waals surface area contributed by atoms with E-state index in [1.165, 1.54) is 19.2 Å². The maximum Gasteiger partial charge on any atom is 0.340 e. The second-order valence-electron chi connectivity index (χ2n) is 4.04. The monoisotopic (exact) mass is 386 g/mol. The third-order valence-corrected chi connectivity index (χ3v) is 3.56. The number of esters is 1. The van der Waals surface area contributed by atoms with E-state index in [0.717, 1.165) is 9.26 Å². The zero-order valence-corrected chi connectivity index (χ0v) is 12.8. The molecule has 2 aromatic carbocycles. The molecule has 2 aromatic rings. The van der Waals surface area contributed by atoms with Gasteiger partial charge in [-0.1, -0.05) is 0 Å². The van der Waals surface area contributed by atoms with Gasteiger partial charge in [0, 0.05) is 14.9 Å². The largest absolute Gasteiger partial charge is 0.465 e. The van der Waals surface area contributed by atoms with E-state index in [4.69, 9.17) is 5.73 Å². The van der Waals surface area contributed by atoms with Gasteiger partial charge in [0.1, 0.15) is 5.82 Å². The quantitative estimate of drug-likeness (QED) is 0.481. The summed E-state index contributed by atoms with van der Waals surface area (Å²) >= 11 is 2.03. The van der Waals surface area contributed by atoms with Crippen LogP contribution in [0.25, 0.3) is 0 Å². The zero-order valence-electron chi connectivity index (χ0n) is 10.6. The molecule has 0 heterocycles. The van der Waals surface area contributed by atoms with Gasteiger partial charge in [-0.05, 0) is 59.0 Å². The number of benzene rings is 2. The summed E-state index contributed by atoms with van der Waals surface area (Å²) in [6.07, 6.45) is 0. The zero-order chi connectivity index (χ0) is 14.7. The molecule has 0 amide bonds. The van der Waals surface area contributed by atoms with Crippen LogP contribution in [0.5, 0.6) is 0 Å². The first-order chi connectivity index (χ1) is 9.51. The van der Waals surface area contributed by atoms with Crippen LogP contribution in [0.2, 0.25) is 0 Å². The summed E-state index contributed by atoms with van der Waals surface area (Å²) in [5, 5.41) is 3.11. The molecule has 0 aliphatic rings. The summed E-state index contributed by atoms with van der Waals surface area (Å²) in [5.41, 5.74) is 7.77. The maximum atomic E-state index is 13.0. The summed E-state index contributed by atoms with van der Waals surface area (Å²) in [6, 6.07) is 9.36. The number of ether oxygens (including phenoxy) is 1. The minimum Gasteiger partial charge on any atom is -0.465 e. The Labute approximate surface area is 129 Å². The minimum atomic E-state index is -0.500. The molecule has 3 N–H and O–H groups in total. The highest BCUT2D eigenvalue weighted by molar-refractivity contribution is 14.1. The maximum absolute atomic E-state index is 13.0. The standard InChI is InChI=1S/C14H12FIN2O2/c1-20-14(19)10-7-9(3-4-12(10)17)18-13-5-2-8(15)6-11(13)16/h2-7,18H,17H2,1H3. The van der Waals surface area contributed by atoms with E-state index in [-0.39, 0.29) is 11.4 Å². The Morgan fingerprint density at radius 3 is 2.70 bits per heavy atom. The second kappa shape index (κ2) is 6.08. The first kappa shape index (κ1) is 14.6. The van der Waals surface area contributed by atoms with Gasteiger partial charge in [-0.3, -0.25) is 0 Å². The molecule has 0 radical (unpaired) electrons. The highest BCUT2D eigenvalue weighted by atomic mass is 127. The van der Waals surface area contributed by atoms with Crippen LogP contribution in [0.4, 0.5) is 21.5 Å². The van der Waals surface area contributed by atoms with Gasteiger partial charge in [0.25, 0.3) is 0 Å². The third-order valence-electron chi connectivity index (χ3n) is 2.67. The average molecular weight is 386 g/mol. The van der Waals surface area contributed by atoms with Crippen molar-refractivity contribution in [1.82, 2.24) is 0 Å². The number of nitrogens with two attached hydrogens (primary N) is 1. The number of anilines is 3. The van der Waals surface area contributed by atoms with Crippen molar-refractivity contribution in [3.05, 3.63) is 51.3 Å². The summed E-state index contributed by atoms with van der Waals surface area (Å²) in [4.78, 5) is 11.6. The van der Waals surface area contributed by atoms with Gasteiger partial charge in [-0.15, -0.1) is 0 Å². The summed E-state index contributed by atoms with van der Waals surface area (Å²) in [7, 11) is 1.30. The first-order valence-electron chi connectivity index (χ1n) is 5.71. The predicted molar refractivity (Wildman–Crippen MR) is 84.6 cm³/mol. The molecule has 0 bridgehead atoms. The van der Waals surface area contributed by atoms with Crippen molar-refractivity contribution < 1.29 is 13.9 Å². The number of hydrogen-bond acceptors (Lipinski definition) is 4. The van der Waals surface area contributed by atoms with Crippen LogP contribution >= 0.6 is 22.6 Å². The molecule has 0 aliphatic heterocycles. The summed E-state index contributed by atoms with van der Waals surface area (Å²) in [5.74, 6) is -0.799. The summed E-state index contributed by atoms with van der Waals surface area (Å²) in [6.45, 7) is 0. The Morgan fingerprint density at radius 2 is 2.05 bits per heavy atom. The lowest BCUT2D eigenvalue weighted by molar-refractivity contribution is 0.0602. The fraction of sp³-hybridized carbons (Fsp3) is 0.0714. The Bertz CT molecular complexity index is 662. The van der Waals surface area contributed by atoms with Gasteiger partial charge in [-0.25, -0.2) is 9.18 Å². The molecule has 0 spiro atoms. The van der Waals surface area contributed by atoms with Crippen LogP contribution in [-0.4, -0.2) is 13.1 Å². The Hall–Kier alpha value is -1.83. The number of hydrogen-bond donors (Lipinski definition) is 2. The van der Waals surface area contributed by atoms with Crippen LogP contribution in [0, 0.1) is 9.39 Å². The Morgan fingerprint density at radius 1 is 1.30 bits per heavy atom. The van der Waals surface area contributed by atoms with E-state index in [0.29, 0.717) is 11.4 Å². The fourth-order valence-corrected chi connectivity index (χ4v) is 2.28. The molecule has 4 nitrogen and oxygen atoms in total. The molecule has 104 valence electrons. The van der Waals surface area contributed by atoms with Crippen molar-refractivity contribution >= 4 is 45.6 Å². The van der Waals surface area contributed by atoms with Gasteiger partial charge >= 0.3 is 5.97 Å². The predicted octanol–water partition coefficient (Wildman–Crippen LogP) is 3.54. The highest BCUT2D eigenvalue weighted by Gasteiger charge is 2.11. The molecule has 0 saturated carbocycles. The molecule has 0 fully saturated rings. The van der Waals surface area contributed by atoms with Crippen molar-refractivity contribution in [3.63, 3.8) is 0 Å². The normalized spacial score (nSPS) is 10.2. The van der Waals surface area contributed by atoms with E-state index < -0.39 is 5.97 Å². The molecule has 0 atom stereocenters. The van der Waals surface area contributed by atoms with E-state index in [2.05, 4.69) is 10.1 Å². The highest BCUT2D eigenvalue weighted by Crippen LogP contribution is 2.26. The van der Waals surface area contributed by atoms with Gasteiger partial charge in [0.2, 0.25) is 0 Å². The first-order valence-corrected chi connectivity index (χ1v) is 6.79. The molecule has 2 rings (SSSR count). The van der Waals surface area contributed by atoms with Crippen molar-refractivity contribution in [2.75, 3.05) is 18.2 Å². The van der Waals surface area contributed by atoms with Crippen molar-refractivity contribution in [2.45, 2.75) is 0 Å². The van der Waals surface area contributed by atoms with E-state index in [9.17, 15) is 9.18 Å². The lowest BCUT2D eigenvalue weighted by Crippen LogP contribution is -2.06. The number of rotatable bonds is 3.